The van der Waals surface area contributed by atoms with E-state index in [9.17, 15) is 9.59 Å². The Morgan fingerprint density at radius 2 is 2.10 bits per heavy atom. The van der Waals surface area contributed by atoms with Crippen LogP contribution < -0.4 is 20.9 Å². The van der Waals surface area contributed by atoms with Crippen LogP contribution in [0.3, 0.4) is 0 Å². The number of urea groups is 2. The van der Waals surface area contributed by atoms with Crippen molar-refractivity contribution in [2.24, 2.45) is 5.92 Å². The summed E-state index contributed by atoms with van der Waals surface area (Å²) < 4.78 is 0. The summed E-state index contributed by atoms with van der Waals surface area (Å²) in [6.45, 7) is 7.35. The van der Waals surface area contributed by atoms with Gasteiger partial charge in [-0.2, -0.15) is 0 Å². The first-order valence-corrected chi connectivity index (χ1v) is 7.20. The molecule has 0 aromatic heterocycles. The topological polar surface area (TPSA) is 73.5 Å². The van der Waals surface area contributed by atoms with Crippen LogP contribution in [-0.2, 0) is 0 Å². The lowest BCUT2D eigenvalue weighted by molar-refractivity contribution is 0.246. The summed E-state index contributed by atoms with van der Waals surface area (Å²) in [5.74, 6) is 0.371. The van der Waals surface area contributed by atoms with Crippen LogP contribution in [0.15, 0.2) is 24.3 Å². The molecule has 0 aliphatic carbocycles. The minimum atomic E-state index is -0.237. The SMILES string of the molecule is CC(C)[C@H](C)NC(=O)Nc1cccc(N2CCNC2=O)c1. The normalized spacial score (nSPS) is 15.8. The van der Waals surface area contributed by atoms with Crippen molar-refractivity contribution in [1.82, 2.24) is 10.6 Å². The van der Waals surface area contributed by atoms with Gasteiger partial charge in [0.15, 0.2) is 0 Å². The number of carbonyl (C=O) groups excluding carboxylic acids is 2. The molecule has 0 saturated carbocycles. The molecular formula is C15H22N4O2. The Hall–Kier alpha value is -2.24. The predicted molar refractivity (Wildman–Crippen MR) is 83.6 cm³/mol. The molecule has 1 aromatic rings. The largest absolute Gasteiger partial charge is 0.336 e. The lowest BCUT2D eigenvalue weighted by Crippen LogP contribution is -2.39. The van der Waals surface area contributed by atoms with Crippen molar-refractivity contribution in [1.29, 1.82) is 0 Å². The van der Waals surface area contributed by atoms with E-state index < -0.39 is 0 Å². The first-order valence-electron chi connectivity index (χ1n) is 7.20. The molecule has 1 aromatic carbocycles. The zero-order chi connectivity index (χ0) is 15.4. The molecule has 1 heterocycles. The van der Waals surface area contributed by atoms with Gasteiger partial charge in [0.2, 0.25) is 0 Å². The second-order valence-corrected chi connectivity index (χ2v) is 5.57. The average molecular weight is 290 g/mol. The Kier molecular flexibility index (Phi) is 4.67. The Bertz CT molecular complexity index is 530. The summed E-state index contributed by atoms with van der Waals surface area (Å²) in [5, 5.41) is 8.43. The molecular weight excluding hydrogens is 268 g/mol. The Morgan fingerprint density at radius 1 is 1.33 bits per heavy atom. The second kappa shape index (κ2) is 6.47. The number of rotatable bonds is 4. The molecule has 1 atom stereocenters. The van der Waals surface area contributed by atoms with E-state index in [1.165, 1.54) is 0 Å². The van der Waals surface area contributed by atoms with Gasteiger partial charge in [-0.15, -0.1) is 0 Å². The van der Waals surface area contributed by atoms with E-state index in [0.717, 1.165) is 5.69 Å². The molecule has 0 bridgehead atoms. The second-order valence-electron chi connectivity index (χ2n) is 5.57. The maximum absolute atomic E-state index is 11.9. The molecule has 6 nitrogen and oxygen atoms in total. The van der Waals surface area contributed by atoms with Crippen molar-refractivity contribution in [3.63, 3.8) is 0 Å². The van der Waals surface area contributed by atoms with E-state index in [1.54, 1.807) is 17.0 Å². The third kappa shape index (κ3) is 3.87. The van der Waals surface area contributed by atoms with Crippen molar-refractivity contribution in [3.8, 4) is 0 Å². The number of benzene rings is 1. The summed E-state index contributed by atoms with van der Waals surface area (Å²) in [5.41, 5.74) is 1.44. The maximum atomic E-state index is 11.9. The highest BCUT2D eigenvalue weighted by Gasteiger charge is 2.21. The van der Waals surface area contributed by atoms with Crippen molar-refractivity contribution in [2.75, 3.05) is 23.3 Å². The molecule has 6 heteroatoms. The van der Waals surface area contributed by atoms with Gasteiger partial charge in [-0.1, -0.05) is 19.9 Å². The van der Waals surface area contributed by atoms with Gasteiger partial charge in [0, 0.05) is 30.5 Å². The lowest BCUT2D eigenvalue weighted by atomic mass is 10.1. The first kappa shape index (κ1) is 15.2. The number of carbonyl (C=O) groups is 2. The van der Waals surface area contributed by atoms with E-state index in [4.69, 9.17) is 0 Å². The maximum Gasteiger partial charge on any atom is 0.321 e. The molecule has 1 fully saturated rings. The van der Waals surface area contributed by atoms with Crippen LogP contribution in [0.1, 0.15) is 20.8 Å². The highest BCUT2D eigenvalue weighted by atomic mass is 16.2. The molecule has 21 heavy (non-hydrogen) atoms. The molecule has 2 rings (SSSR count). The molecule has 4 amide bonds. The Morgan fingerprint density at radius 3 is 2.71 bits per heavy atom. The van der Waals surface area contributed by atoms with Gasteiger partial charge in [0.25, 0.3) is 0 Å². The van der Waals surface area contributed by atoms with E-state index in [-0.39, 0.29) is 18.1 Å². The summed E-state index contributed by atoms with van der Waals surface area (Å²) in [4.78, 5) is 25.2. The van der Waals surface area contributed by atoms with Crippen LogP contribution in [0.5, 0.6) is 0 Å². The molecule has 0 spiro atoms. The smallest absolute Gasteiger partial charge is 0.321 e. The monoisotopic (exact) mass is 290 g/mol. The summed E-state index contributed by atoms with van der Waals surface area (Å²) in [7, 11) is 0. The molecule has 1 aliphatic heterocycles. The number of hydrogen-bond acceptors (Lipinski definition) is 2. The number of nitrogens with zero attached hydrogens (tertiary/aromatic N) is 1. The van der Waals surface area contributed by atoms with E-state index >= 15 is 0 Å². The van der Waals surface area contributed by atoms with Crippen LogP contribution in [0.25, 0.3) is 0 Å². The van der Waals surface area contributed by atoms with Crippen molar-refractivity contribution in [3.05, 3.63) is 24.3 Å². The zero-order valence-electron chi connectivity index (χ0n) is 12.6. The van der Waals surface area contributed by atoms with E-state index in [1.807, 2.05) is 19.1 Å². The third-order valence-electron chi connectivity index (χ3n) is 3.63. The number of amides is 4. The fraction of sp³-hybridized carbons (Fsp3) is 0.467. The minimum Gasteiger partial charge on any atom is -0.336 e. The quantitative estimate of drug-likeness (QED) is 0.796. The van der Waals surface area contributed by atoms with Gasteiger partial charge in [-0.05, 0) is 31.0 Å². The van der Waals surface area contributed by atoms with Gasteiger partial charge in [0.1, 0.15) is 0 Å². The molecule has 1 saturated heterocycles. The molecule has 3 N–H and O–H groups in total. The summed E-state index contributed by atoms with van der Waals surface area (Å²) >= 11 is 0. The van der Waals surface area contributed by atoms with Crippen LogP contribution in [0, 0.1) is 5.92 Å². The highest BCUT2D eigenvalue weighted by Crippen LogP contribution is 2.20. The summed E-state index contributed by atoms with van der Waals surface area (Å²) in [6, 6.07) is 7.02. The predicted octanol–water partition coefficient (Wildman–Crippen LogP) is 2.38. The first-order chi connectivity index (χ1) is 9.97. The molecule has 114 valence electrons. The standard InChI is InChI=1S/C15H22N4O2/c1-10(2)11(3)17-14(20)18-12-5-4-6-13(9-12)19-8-7-16-15(19)21/h4-6,9-11H,7-8H2,1-3H3,(H,16,21)(H2,17,18,20)/t11-/m0/s1. The van der Waals surface area contributed by atoms with Gasteiger partial charge in [-0.3, -0.25) is 4.90 Å². The van der Waals surface area contributed by atoms with Crippen molar-refractivity contribution in [2.45, 2.75) is 26.8 Å². The lowest BCUT2D eigenvalue weighted by Gasteiger charge is -2.19. The van der Waals surface area contributed by atoms with Crippen LogP contribution >= 0.6 is 0 Å². The number of nitrogens with one attached hydrogen (secondary N) is 3. The molecule has 1 aliphatic rings. The minimum absolute atomic E-state index is 0.0949. The number of anilines is 2. The van der Waals surface area contributed by atoms with E-state index in [2.05, 4.69) is 29.8 Å². The summed E-state index contributed by atoms with van der Waals surface area (Å²) in [6.07, 6.45) is 0. The van der Waals surface area contributed by atoms with Crippen LogP contribution in [-0.4, -0.2) is 31.2 Å². The van der Waals surface area contributed by atoms with Crippen molar-refractivity contribution < 1.29 is 9.59 Å². The third-order valence-corrected chi connectivity index (χ3v) is 3.63. The van der Waals surface area contributed by atoms with Gasteiger partial charge < -0.3 is 16.0 Å². The fourth-order valence-electron chi connectivity index (χ4n) is 2.01. The fourth-order valence-corrected chi connectivity index (χ4v) is 2.01. The highest BCUT2D eigenvalue weighted by molar-refractivity contribution is 5.95. The van der Waals surface area contributed by atoms with Gasteiger partial charge in [-0.25, -0.2) is 9.59 Å². The van der Waals surface area contributed by atoms with Crippen LogP contribution in [0.2, 0.25) is 0 Å². The van der Waals surface area contributed by atoms with Gasteiger partial charge >= 0.3 is 12.1 Å². The van der Waals surface area contributed by atoms with Crippen molar-refractivity contribution >= 4 is 23.4 Å². The molecule has 0 radical (unpaired) electrons. The van der Waals surface area contributed by atoms with Crippen LogP contribution in [0.4, 0.5) is 21.0 Å². The zero-order valence-corrected chi connectivity index (χ0v) is 12.6. The Balaban J connectivity index is 2.01. The Labute approximate surface area is 124 Å². The van der Waals surface area contributed by atoms with Gasteiger partial charge in [0.05, 0.1) is 0 Å². The van der Waals surface area contributed by atoms with E-state index in [0.29, 0.717) is 24.7 Å². The number of hydrogen-bond donors (Lipinski definition) is 3. The molecule has 0 unspecified atom stereocenters. The average Bonchev–Trinajstić information content (AvgIpc) is 2.85.